The van der Waals surface area contributed by atoms with Gasteiger partial charge in [-0.1, -0.05) is 0 Å². The molecule has 2 N–H and O–H groups in total. The van der Waals surface area contributed by atoms with Gasteiger partial charge in [0.1, 0.15) is 24.6 Å². The summed E-state index contributed by atoms with van der Waals surface area (Å²) in [6, 6.07) is 0. The predicted octanol–water partition coefficient (Wildman–Crippen LogP) is -0.947. The van der Waals surface area contributed by atoms with Crippen LogP contribution in [0.15, 0.2) is 0 Å². The first kappa shape index (κ1) is 10.6. The molecule has 0 aliphatic heterocycles. The Morgan fingerprint density at radius 2 is 2.27 bits per heavy atom. The molecule has 0 aromatic heterocycles. The smallest absolute Gasteiger partial charge is 0.350 e. The largest absolute Gasteiger partial charge is 0.394 e. The third-order valence-corrected chi connectivity index (χ3v) is 0.999. The first-order valence-corrected chi connectivity index (χ1v) is 3.19. The fourth-order valence-electron chi connectivity index (χ4n) is 0.353. The number of hydrogen-bond acceptors (Lipinski definition) is 5. The Morgan fingerprint density at radius 3 is 2.73 bits per heavy atom. The van der Waals surface area contributed by atoms with Crippen LogP contribution in [0.4, 0.5) is 0 Å². The number of rotatable bonds is 5. The predicted molar refractivity (Wildman–Crippen MR) is 35.9 cm³/mol. The van der Waals surface area contributed by atoms with Gasteiger partial charge in [0.25, 0.3) is 0 Å². The monoisotopic (exact) mass is 184 g/mol. The number of halogens is 1. The van der Waals surface area contributed by atoms with E-state index in [0.29, 0.717) is 0 Å². The molecular weight excluding hydrogens is 176 g/mol. The van der Waals surface area contributed by atoms with Gasteiger partial charge in [-0.2, -0.15) is 0 Å². The van der Waals surface area contributed by atoms with Gasteiger partial charge in [0, 0.05) is 0 Å². The number of carbonyl (C=O) groups is 1. The lowest BCUT2D eigenvalue weighted by atomic mass is 10.4. The Hall–Kier alpha value is -0.360. The Kier molecular flexibility index (Phi) is 6.15. The highest BCUT2D eigenvalue weighted by atomic mass is 35.5. The molecule has 11 heavy (non-hydrogen) atoms. The molecule has 66 valence electrons. The fraction of sp³-hybridized carbons (Fsp3) is 0.800. The summed E-state index contributed by atoms with van der Waals surface area (Å²) in [6.07, 6.45) is -0.974. The minimum Gasteiger partial charge on any atom is -0.394 e. The van der Waals surface area contributed by atoms with E-state index < -0.39 is 18.7 Å². The van der Waals surface area contributed by atoms with Gasteiger partial charge in [-0.25, -0.2) is 4.79 Å². The molecule has 0 aliphatic carbocycles. The third kappa shape index (κ3) is 6.05. The Balaban J connectivity index is 3.20. The summed E-state index contributed by atoms with van der Waals surface area (Å²) < 4.78 is 8.30. The van der Waals surface area contributed by atoms with Crippen molar-refractivity contribution < 1.29 is 24.0 Å². The van der Waals surface area contributed by atoms with Crippen LogP contribution in [0, 0.1) is 0 Å². The van der Waals surface area contributed by atoms with Gasteiger partial charge in [-0.05, 0) is 0 Å². The van der Waals surface area contributed by atoms with E-state index in [0.717, 1.165) is 0 Å². The highest BCUT2D eigenvalue weighted by Gasteiger charge is 2.05. The molecule has 0 radical (unpaired) electrons. The molecule has 0 fully saturated rings. The van der Waals surface area contributed by atoms with Crippen molar-refractivity contribution >= 4 is 17.8 Å². The van der Waals surface area contributed by atoms with Gasteiger partial charge in [0.05, 0.1) is 13.2 Å². The standard InChI is InChI=1S/C5H9ClO5/c6-11-5(9)3-10-2-4(8)1-7/h4,7-8H,1-3H2. The van der Waals surface area contributed by atoms with E-state index in [1.165, 1.54) is 0 Å². The molecular formula is C5H9ClO5. The van der Waals surface area contributed by atoms with Gasteiger partial charge in [-0.15, -0.1) is 0 Å². The average molecular weight is 185 g/mol. The Morgan fingerprint density at radius 1 is 1.64 bits per heavy atom. The molecule has 5 nitrogen and oxygen atoms in total. The second-order valence-corrected chi connectivity index (χ2v) is 1.95. The molecule has 0 amide bonds. The van der Waals surface area contributed by atoms with Crippen molar-refractivity contribution in [3.63, 3.8) is 0 Å². The lowest BCUT2D eigenvalue weighted by Gasteiger charge is -2.05. The first-order valence-electron chi connectivity index (χ1n) is 2.88. The van der Waals surface area contributed by atoms with Crippen LogP contribution in [0.1, 0.15) is 0 Å². The maximum Gasteiger partial charge on any atom is 0.350 e. The fourth-order valence-corrected chi connectivity index (χ4v) is 0.398. The van der Waals surface area contributed by atoms with Crippen molar-refractivity contribution in [1.82, 2.24) is 0 Å². The molecule has 0 aromatic carbocycles. The molecule has 6 heteroatoms. The normalized spacial score (nSPS) is 12.6. The van der Waals surface area contributed by atoms with Crippen LogP contribution in [0.2, 0.25) is 0 Å². The molecule has 1 atom stereocenters. The second-order valence-electron chi connectivity index (χ2n) is 1.80. The first-order chi connectivity index (χ1) is 5.20. The zero-order valence-corrected chi connectivity index (χ0v) is 6.45. The van der Waals surface area contributed by atoms with E-state index in [9.17, 15) is 4.79 Å². The van der Waals surface area contributed by atoms with Crippen LogP contribution in [0.25, 0.3) is 0 Å². The maximum absolute atomic E-state index is 10.3. The molecule has 0 bridgehead atoms. The zero-order valence-electron chi connectivity index (χ0n) is 5.70. The summed E-state index contributed by atoms with van der Waals surface area (Å²) in [6.45, 7) is -0.862. The quantitative estimate of drug-likeness (QED) is 0.577. The number of carbonyl (C=O) groups excluding carboxylic acids is 1. The van der Waals surface area contributed by atoms with Gasteiger partial charge < -0.3 is 19.2 Å². The minimum absolute atomic E-state index is 0.123. The topological polar surface area (TPSA) is 76.0 Å². The van der Waals surface area contributed by atoms with E-state index >= 15 is 0 Å². The van der Waals surface area contributed by atoms with Gasteiger partial charge in [0.15, 0.2) is 0 Å². The maximum atomic E-state index is 10.3. The lowest BCUT2D eigenvalue weighted by molar-refractivity contribution is -0.140. The van der Waals surface area contributed by atoms with E-state index in [4.69, 9.17) is 10.2 Å². The second kappa shape index (κ2) is 6.36. The van der Waals surface area contributed by atoms with Gasteiger partial charge >= 0.3 is 5.97 Å². The molecule has 0 saturated heterocycles. The number of aliphatic hydroxyl groups is 2. The van der Waals surface area contributed by atoms with Crippen LogP contribution >= 0.6 is 11.9 Å². The summed E-state index contributed by atoms with van der Waals surface area (Å²) in [4.78, 5) is 10.3. The molecule has 0 spiro atoms. The van der Waals surface area contributed by atoms with Gasteiger partial charge in [-0.3, -0.25) is 0 Å². The van der Waals surface area contributed by atoms with Crippen LogP contribution in [-0.4, -0.2) is 42.1 Å². The SMILES string of the molecule is O=C(COCC(O)CO)OCl. The van der Waals surface area contributed by atoms with Crippen molar-refractivity contribution in [3.05, 3.63) is 0 Å². The lowest BCUT2D eigenvalue weighted by Crippen LogP contribution is -2.21. The zero-order chi connectivity index (χ0) is 8.69. The summed E-state index contributed by atoms with van der Waals surface area (Å²) in [7, 11) is 0. The molecule has 0 saturated carbocycles. The highest BCUT2D eigenvalue weighted by molar-refractivity contribution is 6.13. The summed E-state index contributed by atoms with van der Waals surface area (Å²) in [5, 5.41) is 17.0. The van der Waals surface area contributed by atoms with Crippen LogP contribution in [0.3, 0.4) is 0 Å². The molecule has 0 aromatic rings. The van der Waals surface area contributed by atoms with Gasteiger partial charge in [0.2, 0.25) is 0 Å². The molecule has 0 aliphatic rings. The van der Waals surface area contributed by atoms with Crippen molar-refractivity contribution in [2.24, 2.45) is 0 Å². The Bertz CT molecular complexity index is 117. The Labute approximate surface area is 68.7 Å². The summed E-state index contributed by atoms with van der Waals surface area (Å²) >= 11 is 4.66. The number of hydrogen-bond donors (Lipinski definition) is 2. The van der Waals surface area contributed by atoms with Crippen molar-refractivity contribution in [1.29, 1.82) is 0 Å². The molecule has 1 unspecified atom stereocenters. The molecule has 0 rings (SSSR count). The number of ether oxygens (including phenoxy) is 1. The van der Waals surface area contributed by atoms with Crippen LogP contribution in [-0.2, 0) is 13.8 Å². The van der Waals surface area contributed by atoms with E-state index in [1.807, 2.05) is 0 Å². The highest BCUT2D eigenvalue weighted by Crippen LogP contribution is 1.87. The summed E-state index contributed by atoms with van der Waals surface area (Å²) in [5.74, 6) is -0.739. The minimum atomic E-state index is -0.974. The van der Waals surface area contributed by atoms with E-state index in [2.05, 4.69) is 20.9 Å². The average Bonchev–Trinajstić information content (AvgIpc) is 2.04. The van der Waals surface area contributed by atoms with Crippen molar-refractivity contribution in [3.8, 4) is 0 Å². The summed E-state index contributed by atoms with van der Waals surface area (Å²) in [5.41, 5.74) is 0. The third-order valence-electron chi connectivity index (χ3n) is 0.827. The van der Waals surface area contributed by atoms with Crippen LogP contribution < -0.4 is 0 Å². The molecule has 0 heterocycles. The van der Waals surface area contributed by atoms with E-state index in [-0.39, 0.29) is 13.2 Å². The van der Waals surface area contributed by atoms with Crippen molar-refractivity contribution in [2.75, 3.05) is 19.8 Å². The van der Waals surface area contributed by atoms with Crippen molar-refractivity contribution in [2.45, 2.75) is 6.10 Å². The number of aliphatic hydroxyl groups excluding tert-OH is 2. The van der Waals surface area contributed by atoms with Crippen LogP contribution in [0.5, 0.6) is 0 Å². The van der Waals surface area contributed by atoms with E-state index in [1.54, 1.807) is 0 Å².